The van der Waals surface area contributed by atoms with E-state index in [0.29, 0.717) is 6.42 Å². The summed E-state index contributed by atoms with van der Waals surface area (Å²) in [6.07, 6.45) is 7.92. The van der Waals surface area contributed by atoms with Crippen LogP contribution < -0.4 is 69.3 Å². The molecule has 86 valence electrons. The summed E-state index contributed by atoms with van der Waals surface area (Å²) in [4.78, 5) is 20.0. The second-order valence-electron chi connectivity index (χ2n) is 3.40. The summed E-state index contributed by atoms with van der Waals surface area (Å²) in [5, 5.41) is 20.0. The van der Waals surface area contributed by atoms with Crippen LogP contribution in [0.3, 0.4) is 0 Å². The van der Waals surface area contributed by atoms with E-state index < -0.39 is 11.9 Å². The number of aliphatic carboxylic acids is 2. The summed E-state index contributed by atoms with van der Waals surface area (Å²) in [6, 6.07) is 0. The molecule has 0 rings (SSSR count). The third-order valence-electron chi connectivity index (χ3n) is 2.01. The summed E-state index contributed by atoms with van der Waals surface area (Å²) in [7, 11) is 0. The topological polar surface area (TPSA) is 80.3 Å². The first-order chi connectivity index (χ1) is 7.13. The van der Waals surface area contributed by atoms with Crippen molar-refractivity contribution in [2.45, 2.75) is 44.9 Å². The molecule has 0 aliphatic rings. The Bertz CT molecular complexity index is 230. The molecule has 0 heterocycles. The van der Waals surface area contributed by atoms with Gasteiger partial charge in [-0.25, -0.2) is 0 Å². The molecule has 0 spiro atoms. The number of carboxylic acid groups (broad SMARTS) is 2. The van der Waals surface area contributed by atoms with Crippen LogP contribution in [0.4, 0.5) is 0 Å². The van der Waals surface area contributed by atoms with E-state index in [1.54, 1.807) is 6.08 Å². The van der Waals surface area contributed by atoms with Crippen molar-refractivity contribution >= 4 is 11.9 Å². The maximum absolute atomic E-state index is 10.1. The van der Waals surface area contributed by atoms with Crippen LogP contribution in [0, 0.1) is 0 Å². The van der Waals surface area contributed by atoms with Crippen molar-refractivity contribution in [3.05, 3.63) is 12.2 Å². The molecule has 0 aliphatic carbocycles. The fraction of sp³-hybridized carbons (Fsp3) is 0.636. The number of hydrogen-bond donors (Lipinski definition) is 0. The van der Waals surface area contributed by atoms with Crippen LogP contribution in [0.2, 0.25) is 0 Å². The maximum atomic E-state index is 10.1. The summed E-state index contributed by atoms with van der Waals surface area (Å²) in [6.45, 7) is 0. The molecule has 0 aliphatic heterocycles. The van der Waals surface area contributed by atoms with Gasteiger partial charge in [0.2, 0.25) is 0 Å². The van der Waals surface area contributed by atoms with Crippen molar-refractivity contribution in [1.82, 2.24) is 0 Å². The fourth-order valence-electron chi connectivity index (χ4n) is 1.24. The van der Waals surface area contributed by atoms with Gasteiger partial charge in [-0.2, -0.15) is 0 Å². The molecule has 0 atom stereocenters. The van der Waals surface area contributed by atoms with E-state index in [-0.39, 0.29) is 65.5 Å². The number of carbonyl (C=O) groups excluding carboxylic acids is 2. The molecule has 0 fully saturated rings. The summed E-state index contributed by atoms with van der Waals surface area (Å²) >= 11 is 0. The van der Waals surface area contributed by atoms with Gasteiger partial charge >= 0.3 is 59.1 Å². The molecule has 0 aromatic heterocycles. The van der Waals surface area contributed by atoms with Crippen LogP contribution in [0.1, 0.15) is 44.9 Å². The average molecular weight is 258 g/mol. The first-order valence-corrected chi connectivity index (χ1v) is 5.20. The van der Waals surface area contributed by atoms with Crippen LogP contribution in [-0.4, -0.2) is 11.9 Å². The van der Waals surface area contributed by atoms with E-state index in [4.69, 9.17) is 0 Å². The van der Waals surface area contributed by atoms with Gasteiger partial charge < -0.3 is 19.8 Å². The predicted molar refractivity (Wildman–Crippen MR) is 51.5 cm³/mol. The van der Waals surface area contributed by atoms with Crippen LogP contribution in [0.15, 0.2) is 12.2 Å². The number of allylic oxidation sites excluding steroid dienone is 1. The Kier molecular flexibility index (Phi) is 22.4. The summed E-state index contributed by atoms with van der Waals surface area (Å²) < 4.78 is 0. The number of carbonyl (C=O) groups is 2. The third kappa shape index (κ3) is 22.4. The minimum absolute atomic E-state index is 0. The SMILES string of the molecule is O=C([O-])C=CCCCCCCCC(=O)[O-].[Na+].[Na+]. The summed E-state index contributed by atoms with van der Waals surface area (Å²) in [5.74, 6) is -2.16. The van der Waals surface area contributed by atoms with Gasteiger partial charge in [-0.05, 0) is 31.8 Å². The maximum Gasteiger partial charge on any atom is 1.00 e. The molecule has 17 heavy (non-hydrogen) atoms. The molecule has 6 heteroatoms. The molecular weight excluding hydrogens is 242 g/mol. The zero-order valence-corrected chi connectivity index (χ0v) is 14.7. The number of unbranched alkanes of at least 4 members (excludes halogenated alkanes) is 5. The van der Waals surface area contributed by atoms with E-state index in [2.05, 4.69) is 0 Å². The molecule has 0 saturated carbocycles. The number of rotatable bonds is 9. The van der Waals surface area contributed by atoms with Gasteiger partial charge in [-0.3, -0.25) is 0 Å². The van der Waals surface area contributed by atoms with Crippen LogP contribution in [0.25, 0.3) is 0 Å². The molecule has 0 radical (unpaired) electrons. The minimum Gasteiger partial charge on any atom is -0.550 e. The molecule has 4 nitrogen and oxygen atoms in total. The van der Waals surface area contributed by atoms with Gasteiger partial charge in [-0.15, -0.1) is 0 Å². The number of hydrogen-bond acceptors (Lipinski definition) is 4. The zero-order valence-electron chi connectivity index (χ0n) is 10.7. The van der Waals surface area contributed by atoms with Crippen molar-refractivity contribution in [3.63, 3.8) is 0 Å². The van der Waals surface area contributed by atoms with Crippen molar-refractivity contribution < 1.29 is 78.9 Å². The van der Waals surface area contributed by atoms with E-state index in [0.717, 1.165) is 38.2 Å². The Morgan fingerprint density at radius 3 is 1.94 bits per heavy atom. The second-order valence-corrected chi connectivity index (χ2v) is 3.40. The van der Waals surface area contributed by atoms with Crippen molar-refractivity contribution in [1.29, 1.82) is 0 Å². The Morgan fingerprint density at radius 2 is 1.41 bits per heavy atom. The second kappa shape index (κ2) is 16.7. The average Bonchev–Trinajstić information content (AvgIpc) is 2.14. The molecule has 0 unspecified atom stereocenters. The third-order valence-corrected chi connectivity index (χ3v) is 2.01. The van der Waals surface area contributed by atoms with E-state index in [9.17, 15) is 19.8 Å². The van der Waals surface area contributed by atoms with Gasteiger partial charge in [0, 0.05) is 5.97 Å². The molecule has 0 saturated heterocycles. The van der Waals surface area contributed by atoms with Gasteiger partial charge in [0.15, 0.2) is 0 Å². The Balaban J connectivity index is -0.000000980. The van der Waals surface area contributed by atoms with Crippen molar-refractivity contribution in [2.75, 3.05) is 0 Å². The predicted octanol–water partition coefficient (Wildman–Crippen LogP) is -6.22. The molecule has 0 amide bonds. The van der Waals surface area contributed by atoms with Crippen molar-refractivity contribution in [3.8, 4) is 0 Å². The van der Waals surface area contributed by atoms with E-state index in [1.165, 1.54) is 0 Å². The molecule has 0 N–H and O–H groups in total. The van der Waals surface area contributed by atoms with E-state index >= 15 is 0 Å². The molecule has 0 aromatic carbocycles. The Labute approximate surface area is 146 Å². The number of carboxylic acids is 2. The van der Waals surface area contributed by atoms with E-state index in [1.807, 2.05) is 0 Å². The quantitative estimate of drug-likeness (QED) is 0.234. The Morgan fingerprint density at radius 1 is 0.882 bits per heavy atom. The standard InChI is InChI=1S/C11H18O4.2Na/c12-10(13)8-6-4-2-1-3-5-7-9-11(14)15;;/h6,8H,1-5,7,9H2,(H,12,13)(H,14,15);;/q;2*+1/p-2. The smallest absolute Gasteiger partial charge is 0.550 e. The first kappa shape index (κ1) is 22.8. The van der Waals surface area contributed by atoms with Crippen LogP contribution in [-0.2, 0) is 9.59 Å². The first-order valence-electron chi connectivity index (χ1n) is 5.20. The largest absolute Gasteiger partial charge is 1.00 e. The normalized spacial score (nSPS) is 9.41. The molecule has 0 aromatic rings. The van der Waals surface area contributed by atoms with Crippen LogP contribution >= 0.6 is 0 Å². The van der Waals surface area contributed by atoms with Gasteiger partial charge in [-0.1, -0.05) is 25.3 Å². The monoisotopic (exact) mass is 258 g/mol. The minimum atomic E-state index is -1.16. The van der Waals surface area contributed by atoms with Crippen molar-refractivity contribution in [2.24, 2.45) is 0 Å². The van der Waals surface area contributed by atoms with Crippen LogP contribution in [0.5, 0.6) is 0 Å². The molecule has 0 bridgehead atoms. The fourth-order valence-corrected chi connectivity index (χ4v) is 1.24. The Hall–Kier alpha value is 0.680. The van der Waals surface area contributed by atoms with Gasteiger partial charge in [0.25, 0.3) is 0 Å². The van der Waals surface area contributed by atoms with Gasteiger partial charge in [0.05, 0.1) is 5.97 Å². The van der Waals surface area contributed by atoms with Gasteiger partial charge in [0.1, 0.15) is 0 Å². The summed E-state index contributed by atoms with van der Waals surface area (Å²) in [5.41, 5.74) is 0. The molecular formula is C11H16Na2O4. The zero-order chi connectivity index (χ0) is 11.5.